The second-order valence-corrected chi connectivity index (χ2v) is 4.82. The maximum Gasteiger partial charge on any atom is 0.471 e. The third kappa shape index (κ3) is 3.32. The number of allylic oxidation sites excluding steroid dienone is 3. The molecule has 0 saturated heterocycles. The second kappa shape index (κ2) is 6.30. The first-order valence-electron chi connectivity index (χ1n) is 6.97. The zero-order chi connectivity index (χ0) is 18.0. The van der Waals surface area contributed by atoms with Crippen molar-refractivity contribution in [2.45, 2.75) is 13.1 Å². The number of aliphatic imine (C=N–C) groups is 1. The smallest absolute Gasteiger partial charge is 0.329 e. The molecule has 3 rings (SSSR count). The number of aromatic nitrogens is 5. The van der Waals surface area contributed by atoms with Crippen LogP contribution in [0, 0.1) is 0 Å². The highest BCUT2D eigenvalue weighted by atomic mass is 19.4. The molecule has 0 saturated carbocycles. The van der Waals surface area contributed by atoms with Crippen LogP contribution in [0.15, 0.2) is 46.5 Å². The van der Waals surface area contributed by atoms with Gasteiger partial charge in [-0.25, -0.2) is 4.98 Å². The summed E-state index contributed by atoms with van der Waals surface area (Å²) in [4.78, 5) is 15.5. The summed E-state index contributed by atoms with van der Waals surface area (Å²) in [5.74, 6) is -1.62. The van der Waals surface area contributed by atoms with Crippen LogP contribution in [-0.4, -0.2) is 31.2 Å². The predicted octanol–water partition coefficient (Wildman–Crippen LogP) is 3.28. The third-order valence-electron chi connectivity index (χ3n) is 3.23. The molecular weight excluding hydrogens is 337 g/mol. The zero-order valence-electron chi connectivity index (χ0n) is 12.9. The summed E-state index contributed by atoms with van der Waals surface area (Å²) >= 11 is 0. The van der Waals surface area contributed by atoms with Gasteiger partial charge in [-0.3, -0.25) is 9.98 Å². The SMILES string of the molecule is C=N/C(=C\C(=C/C)c1noc(C(F)(F)F)n1)c1cn2ccncc2n1. The first-order chi connectivity index (χ1) is 11.9. The molecule has 0 aliphatic rings. The van der Waals surface area contributed by atoms with E-state index in [9.17, 15) is 13.2 Å². The van der Waals surface area contributed by atoms with Crippen molar-refractivity contribution >= 4 is 23.6 Å². The van der Waals surface area contributed by atoms with E-state index in [2.05, 4.69) is 36.3 Å². The number of alkyl halides is 3. The first kappa shape index (κ1) is 16.6. The van der Waals surface area contributed by atoms with Crippen molar-refractivity contribution in [2.75, 3.05) is 0 Å². The van der Waals surface area contributed by atoms with Crippen LogP contribution in [0.3, 0.4) is 0 Å². The molecule has 0 amide bonds. The standard InChI is InChI=1S/C15H11F3N6O/c1-3-9(13-22-14(25-23-13)15(16,17)18)6-10(19-2)11-8-24-5-4-20-7-12(24)21-11/h3-8H,2H2,1H3/b9-3+,10-6-. The number of halogens is 3. The maximum absolute atomic E-state index is 12.6. The van der Waals surface area contributed by atoms with Gasteiger partial charge in [0.2, 0.25) is 5.82 Å². The number of rotatable bonds is 4. The van der Waals surface area contributed by atoms with Crippen LogP contribution in [0.5, 0.6) is 0 Å². The van der Waals surface area contributed by atoms with Gasteiger partial charge >= 0.3 is 12.1 Å². The molecular formula is C15H11F3N6O. The third-order valence-corrected chi connectivity index (χ3v) is 3.23. The van der Waals surface area contributed by atoms with Crippen LogP contribution < -0.4 is 0 Å². The molecule has 0 unspecified atom stereocenters. The Labute approximate surface area is 139 Å². The Kier molecular flexibility index (Phi) is 4.17. The van der Waals surface area contributed by atoms with E-state index in [-0.39, 0.29) is 11.4 Å². The molecule has 0 atom stereocenters. The summed E-state index contributed by atoms with van der Waals surface area (Å²) in [6.07, 6.45) is 4.87. The Morgan fingerprint density at radius 2 is 2.16 bits per heavy atom. The number of nitrogens with zero attached hydrogens (tertiary/aromatic N) is 6. The van der Waals surface area contributed by atoms with Crippen molar-refractivity contribution in [3.8, 4) is 0 Å². The summed E-state index contributed by atoms with van der Waals surface area (Å²) in [6.45, 7) is 5.11. The highest BCUT2D eigenvalue weighted by Crippen LogP contribution is 2.29. The molecule has 0 radical (unpaired) electrons. The van der Waals surface area contributed by atoms with Crippen molar-refractivity contribution in [2.24, 2.45) is 4.99 Å². The molecule has 25 heavy (non-hydrogen) atoms. The lowest BCUT2D eigenvalue weighted by Gasteiger charge is -1.99. The largest absolute Gasteiger partial charge is 0.471 e. The molecule has 3 aromatic heterocycles. The molecule has 0 aliphatic heterocycles. The van der Waals surface area contributed by atoms with Gasteiger partial charge < -0.3 is 8.92 Å². The Morgan fingerprint density at radius 1 is 1.36 bits per heavy atom. The molecule has 0 bridgehead atoms. The van der Waals surface area contributed by atoms with Gasteiger partial charge in [-0.1, -0.05) is 11.2 Å². The summed E-state index contributed by atoms with van der Waals surface area (Å²) in [7, 11) is 0. The van der Waals surface area contributed by atoms with Crippen LogP contribution in [0.2, 0.25) is 0 Å². The molecule has 3 heterocycles. The van der Waals surface area contributed by atoms with E-state index in [1.807, 2.05) is 0 Å². The number of hydrogen-bond donors (Lipinski definition) is 0. The fourth-order valence-electron chi connectivity index (χ4n) is 2.05. The average Bonchev–Trinajstić information content (AvgIpc) is 3.22. The zero-order valence-corrected chi connectivity index (χ0v) is 12.9. The quantitative estimate of drug-likeness (QED) is 0.534. The molecule has 0 fully saturated rings. The molecule has 0 aliphatic carbocycles. The minimum Gasteiger partial charge on any atom is -0.329 e. The molecule has 10 heteroatoms. The minimum atomic E-state index is -4.71. The summed E-state index contributed by atoms with van der Waals surface area (Å²) in [6, 6.07) is 0. The number of fused-ring (bicyclic) bond motifs is 1. The van der Waals surface area contributed by atoms with Gasteiger partial charge in [0.25, 0.3) is 0 Å². The lowest BCUT2D eigenvalue weighted by atomic mass is 10.2. The van der Waals surface area contributed by atoms with Gasteiger partial charge in [0.1, 0.15) is 5.69 Å². The summed E-state index contributed by atoms with van der Waals surface area (Å²) in [5.41, 5.74) is 1.70. The molecule has 0 aromatic carbocycles. The van der Waals surface area contributed by atoms with Crippen LogP contribution in [0.4, 0.5) is 13.2 Å². The second-order valence-electron chi connectivity index (χ2n) is 4.82. The normalized spacial score (nSPS) is 13.4. The average molecular weight is 348 g/mol. The topological polar surface area (TPSA) is 81.5 Å². The molecule has 0 spiro atoms. The van der Waals surface area contributed by atoms with E-state index in [4.69, 9.17) is 0 Å². The van der Waals surface area contributed by atoms with Crippen molar-refractivity contribution < 1.29 is 17.7 Å². The van der Waals surface area contributed by atoms with Gasteiger partial charge in [-0.15, -0.1) is 0 Å². The van der Waals surface area contributed by atoms with Gasteiger partial charge in [0, 0.05) is 24.2 Å². The van der Waals surface area contributed by atoms with Crippen molar-refractivity contribution in [3.63, 3.8) is 0 Å². The van der Waals surface area contributed by atoms with Gasteiger partial charge in [-0.2, -0.15) is 18.2 Å². The van der Waals surface area contributed by atoms with E-state index >= 15 is 0 Å². The molecule has 128 valence electrons. The van der Waals surface area contributed by atoms with Gasteiger partial charge in [0.15, 0.2) is 5.65 Å². The number of imidazole rings is 1. The Balaban J connectivity index is 1.99. The highest BCUT2D eigenvalue weighted by Gasteiger charge is 2.38. The van der Waals surface area contributed by atoms with E-state index in [0.717, 1.165) is 0 Å². The fourth-order valence-corrected chi connectivity index (χ4v) is 2.05. The Hall–Kier alpha value is -3.30. The van der Waals surface area contributed by atoms with Gasteiger partial charge in [-0.05, 0) is 19.7 Å². The first-order valence-corrected chi connectivity index (χ1v) is 6.97. The lowest BCUT2D eigenvalue weighted by molar-refractivity contribution is -0.159. The Bertz CT molecular complexity index is 949. The monoisotopic (exact) mass is 348 g/mol. The minimum absolute atomic E-state index is 0.207. The van der Waals surface area contributed by atoms with E-state index in [1.54, 1.807) is 36.1 Å². The lowest BCUT2D eigenvalue weighted by Crippen LogP contribution is -2.05. The van der Waals surface area contributed by atoms with Gasteiger partial charge in [0.05, 0.1) is 11.9 Å². The van der Waals surface area contributed by atoms with Crippen molar-refractivity contribution in [1.82, 2.24) is 24.5 Å². The van der Waals surface area contributed by atoms with Crippen molar-refractivity contribution in [1.29, 1.82) is 0 Å². The molecule has 7 nitrogen and oxygen atoms in total. The van der Waals surface area contributed by atoms with Crippen molar-refractivity contribution in [3.05, 3.63) is 54.3 Å². The maximum atomic E-state index is 12.6. The Morgan fingerprint density at radius 3 is 2.76 bits per heavy atom. The summed E-state index contributed by atoms with van der Waals surface area (Å²) < 4.78 is 43.8. The van der Waals surface area contributed by atoms with E-state index in [0.29, 0.717) is 17.0 Å². The van der Waals surface area contributed by atoms with Crippen LogP contribution in [0.1, 0.15) is 24.3 Å². The molecule has 3 aromatic rings. The fraction of sp³-hybridized carbons (Fsp3) is 0.133. The summed E-state index contributed by atoms with van der Waals surface area (Å²) in [5, 5.41) is 3.36. The van der Waals surface area contributed by atoms with E-state index < -0.39 is 12.1 Å². The number of hydrogen-bond acceptors (Lipinski definition) is 6. The predicted molar refractivity (Wildman–Crippen MR) is 83.5 cm³/mol. The van der Waals surface area contributed by atoms with E-state index in [1.165, 1.54) is 12.2 Å². The van der Waals surface area contributed by atoms with Crippen LogP contribution in [-0.2, 0) is 6.18 Å². The van der Waals surface area contributed by atoms with Crippen LogP contribution >= 0.6 is 0 Å². The van der Waals surface area contributed by atoms with Crippen LogP contribution in [0.25, 0.3) is 16.9 Å². The molecule has 0 N–H and O–H groups in total. The highest BCUT2D eigenvalue weighted by molar-refractivity contribution is 5.81.